The number of carbonyl (C=O) groups excluding carboxylic acids is 2. The van der Waals surface area contributed by atoms with Gasteiger partial charge in [-0.25, -0.2) is 0 Å². The normalized spacial score (nSPS) is 14.7. The van der Waals surface area contributed by atoms with Crippen LogP contribution >= 0.6 is 11.3 Å². The van der Waals surface area contributed by atoms with E-state index in [1.54, 1.807) is 36.4 Å². The molecule has 0 aliphatic carbocycles. The van der Waals surface area contributed by atoms with Crippen molar-refractivity contribution in [1.82, 2.24) is 5.32 Å². The second-order valence-corrected chi connectivity index (χ2v) is 7.29. The maximum absolute atomic E-state index is 12.3. The van der Waals surface area contributed by atoms with E-state index in [0.717, 1.165) is 0 Å². The lowest BCUT2D eigenvalue weighted by atomic mass is 9.94. The van der Waals surface area contributed by atoms with Crippen LogP contribution in [0, 0.1) is 0 Å². The molecular formula is C20H18N2O6S. The van der Waals surface area contributed by atoms with Gasteiger partial charge < -0.3 is 29.6 Å². The molecule has 8 nitrogen and oxygen atoms in total. The van der Waals surface area contributed by atoms with Gasteiger partial charge in [0.1, 0.15) is 18.8 Å². The average Bonchev–Trinajstić information content (AvgIpc) is 3.46. The van der Waals surface area contributed by atoms with Gasteiger partial charge in [0, 0.05) is 22.2 Å². The van der Waals surface area contributed by atoms with Crippen LogP contribution in [-0.4, -0.2) is 36.7 Å². The number of furan rings is 1. The quantitative estimate of drug-likeness (QED) is 0.552. The number of hydrogen-bond acceptors (Lipinski definition) is 7. The highest BCUT2D eigenvalue weighted by molar-refractivity contribution is 7.10. The van der Waals surface area contributed by atoms with Crippen LogP contribution in [0.15, 0.2) is 58.7 Å². The molecule has 1 aliphatic heterocycles. The molecule has 1 aliphatic rings. The summed E-state index contributed by atoms with van der Waals surface area (Å²) in [4.78, 5) is 25.2. The predicted molar refractivity (Wildman–Crippen MR) is 105 cm³/mol. The summed E-state index contributed by atoms with van der Waals surface area (Å²) >= 11 is 1.33. The van der Waals surface area contributed by atoms with Gasteiger partial charge in [-0.1, -0.05) is 6.07 Å². The number of benzene rings is 1. The van der Waals surface area contributed by atoms with Crippen molar-refractivity contribution in [3.05, 3.63) is 64.7 Å². The van der Waals surface area contributed by atoms with Crippen LogP contribution in [0.5, 0.6) is 11.5 Å². The highest BCUT2D eigenvalue weighted by atomic mass is 32.1. The first-order valence-corrected chi connectivity index (χ1v) is 9.72. The zero-order chi connectivity index (χ0) is 20.3. The molecule has 0 bridgehead atoms. The molecule has 9 heteroatoms. The molecule has 2 aromatic heterocycles. The molecule has 150 valence electrons. The van der Waals surface area contributed by atoms with Gasteiger partial charge in [0.05, 0.1) is 19.1 Å². The highest BCUT2D eigenvalue weighted by Crippen LogP contribution is 2.33. The van der Waals surface area contributed by atoms with Crippen LogP contribution < -0.4 is 20.1 Å². The standard InChI is InChI=1S/C20H18N2O6S/c23-18(19(24)22-14-3-4-15-16(10-14)28-8-7-27-15)21-12-20(25,13-5-6-26-11-13)17-2-1-9-29-17/h1-6,9-11,25H,7-8,12H2,(H,21,23)(H,22,24)/t20-/m1/s1. The van der Waals surface area contributed by atoms with E-state index in [0.29, 0.717) is 40.8 Å². The van der Waals surface area contributed by atoms with Gasteiger partial charge in [-0.3, -0.25) is 9.59 Å². The molecule has 1 aromatic carbocycles. The molecule has 2 amide bonds. The fraction of sp³-hybridized carbons (Fsp3) is 0.200. The minimum absolute atomic E-state index is 0.194. The third kappa shape index (κ3) is 3.96. The van der Waals surface area contributed by atoms with E-state index < -0.39 is 17.4 Å². The molecule has 4 rings (SSSR count). The number of fused-ring (bicyclic) bond motifs is 1. The monoisotopic (exact) mass is 414 g/mol. The van der Waals surface area contributed by atoms with Crippen LogP contribution in [0.2, 0.25) is 0 Å². The predicted octanol–water partition coefficient (Wildman–Crippen LogP) is 2.10. The molecule has 0 saturated heterocycles. The maximum Gasteiger partial charge on any atom is 0.313 e. The van der Waals surface area contributed by atoms with Crippen LogP contribution in [-0.2, 0) is 15.2 Å². The van der Waals surface area contributed by atoms with E-state index in [-0.39, 0.29) is 6.54 Å². The Bertz CT molecular complexity index is 966. The van der Waals surface area contributed by atoms with Gasteiger partial charge in [-0.2, -0.15) is 0 Å². The van der Waals surface area contributed by atoms with E-state index in [2.05, 4.69) is 10.6 Å². The third-order valence-corrected chi connectivity index (χ3v) is 5.46. The molecule has 0 radical (unpaired) electrons. The first kappa shape index (κ1) is 19.0. The van der Waals surface area contributed by atoms with Gasteiger partial charge in [0.15, 0.2) is 11.5 Å². The van der Waals surface area contributed by atoms with Crippen LogP contribution in [0.1, 0.15) is 10.4 Å². The summed E-state index contributed by atoms with van der Waals surface area (Å²) in [5, 5.41) is 18.0. The molecule has 3 heterocycles. The summed E-state index contributed by atoms with van der Waals surface area (Å²) in [6.45, 7) is 0.686. The van der Waals surface area contributed by atoms with E-state index >= 15 is 0 Å². The van der Waals surface area contributed by atoms with E-state index in [9.17, 15) is 14.7 Å². The minimum Gasteiger partial charge on any atom is -0.486 e. The largest absolute Gasteiger partial charge is 0.486 e. The Labute approximate surface area is 170 Å². The molecule has 0 spiro atoms. The Morgan fingerprint density at radius 3 is 2.66 bits per heavy atom. The first-order chi connectivity index (χ1) is 14.1. The summed E-state index contributed by atoms with van der Waals surface area (Å²) in [5.41, 5.74) is -0.626. The number of aliphatic hydroxyl groups is 1. The first-order valence-electron chi connectivity index (χ1n) is 8.84. The zero-order valence-corrected chi connectivity index (χ0v) is 16.0. The highest BCUT2D eigenvalue weighted by Gasteiger charge is 2.35. The van der Waals surface area contributed by atoms with Gasteiger partial charge in [-0.05, 0) is 29.6 Å². The minimum atomic E-state index is -1.51. The lowest BCUT2D eigenvalue weighted by molar-refractivity contribution is -0.136. The Kier molecular flexibility index (Phi) is 5.24. The number of rotatable bonds is 5. The Hall–Kier alpha value is -3.30. The van der Waals surface area contributed by atoms with Crippen LogP contribution in [0.25, 0.3) is 0 Å². The number of anilines is 1. The van der Waals surface area contributed by atoms with Crippen molar-refractivity contribution in [2.24, 2.45) is 0 Å². The number of carbonyl (C=O) groups is 2. The van der Waals surface area contributed by atoms with Crippen molar-refractivity contribution in [2.75, 3.05) is 25.1 Å². The van der Waals surface area contributed by atoms with Gasteiger partial charge >= 0.3 is 11.8 Å². The topological polar surface area (TPSA) is 110 Å². The maximum atomic E-state index is 12.3. The summed E-state index contributed by atoms with van der Waals surface area (Å²) in [6.07, 6.45) is 2.84. The van der Waals surface area contributed by atoms with E-state index in [1.165, 1.54) is 23.9 Å². The molecule has 0 unspecified atom stereocenters. The van der Waals surface area contributed by atoms with Crippen molar-refractivity contribution in [3.63, 3.8) is 0 Å². The second-order valence-electron chi connectivity index (χ2n) is 6.34. The number of nitrogens with one attached hydrogen (secondary N) is 2. The number of amides is 2. The Morgan fingerprint density at radius 1 is 1.10 bits per heavy atom. The third-order valence-electron chi connectivity index (χ3n) is 4.44. The molecular weight excluding hydrogens is 396 g/mol. The van der Waals surface area contributed by atoms with Gasteiger partial charge in [-0.15, -0.1) is 11.3 Å². The van der Waals surface area contributed by atoms with Crippen molar-refractivity contribution in [3.8, 4) is 11.5 Å². The Balaban J connectivity index is 1.42. The van der Waals surface area contributed by atoms with Gasteiger partial charge in [0.2, 0.25) is 0 Å². The number of hydrogen-bond donors (Lipinski definition) is 3. The molecule has 29 heavy (non-hydrogen) atoms. The van der Waals surface area contributed by atoms with Gasteiger partial charge in [0.25, 0.3) is 0 Å². The second kappa shape index (κ2) is 7.98. The summed E-state index contributed by atoms with van der Waals surface area (Å²) < 4.78 is 16.0. The summed E-state index contributed by atoms with van der Waals surface area (Å²) in [7, 11) is 0. The number of thiophene rings is 1. The summed E-state index contributed by atoms with van der Waals surface area (Å²) in [6, 6.07) is 10.0. The SMILES string of the molecule is O=C(NC[C@@](O)(c1ccoc1)c1cccs1)C(=O)Nc1ccc2c(c1)OCCO2. The van der Waals surface area contributed by atoms with Crippen molar-refractivity contribution < 1.29 is 28.6 Å². The summed E-state index contributed by atoms with van der Waals surface area (Å²) in [5.74, 6) is -0.651. The Morgan fingerprint density at radius 2 is 1.93 bits per heavy atom. The smallest absolute Gasteiger partial charge is 0.313 e. The van der Waals surface area contributed by atoms with Crippen LogP contribution in [0.4, 0.5) is 5.69 Å². The fourth-order valence-electron chi connectivity index (χ4n) is 2.94. The zero-order valence-electron chi connectivity index (χ0n) is 15.2. The van der Waals surface area contributed by atoms with Crippen LogP contribution in [0.3, 0.4) is 0 Å². The molecule has 0 fully saturated rings. The molecule has 3 N–H and O–H groups in total. The lowest BCUT2D eigenvalue weighted by Crippen LogP contribution is -2.44. The molecule has 0 saturated carbocycles. The van der Waals surface area contributed by atoms with E-state index in [4.69, 9.17) is 13.9 Å². The number of ether oxygens (including phenoxy) is 2. The lowest BCUT2D eigenvalue weighted by Gasteiger charge is -2.26. The average molecular weight is 414 g/mol. The van der Waals surface area contributed by atoms with Crippen molar-refractivity contribution in [2.45, 2.75) is 5.60 Å². The molecule has 3 aromatic rings. The fourth-order valence-corrected chi connectivity index (χ4v) is 3.79. The molecule has 1 atom stereocenters. The van der Waals surface area contributed by atoms with Crippen molar-refractivity contribution >= 4 is 28.8 Å². The van der Waals surface area contributed by atoms with Crippen molar-refractivity contribution in [1.29, 1.82) is 0 Å². The van der Waals surface area contributed by atoms with E-state index in [1.807, 2.05) is 5.38 Å².